The summed E-state index contributed by atoms with van der Waals surface area (Å²) in [5.74, 6) is 0.999. The van der Waals surface area contributed by atoms with Crippen LogP contribution in [0.5, 0.6) is 0 Å². The fourth-order valence-electron chi connectivity index (χ4n) is 4.54. The fourth-order valence-corrected chi connectivity index (χ4v) is 4.54. The second kappa shape index (κ2) is 7.91. The number of nitrogen functional groups attached to an aromatic ring is 1. The lowest BCUT2D eigenvalue weighted by Crippen LogP contribution is -2.23. The van der Waals surface area contributed by atoms with Crippen LogP contribution in [0.25, 0.3) is 22.3 Å². The average Bonchev–Trinajstić information content (AvgIpc) is 3.10. The molecule has 0 spiro atoms. The Morgan fingerprint density at radius 2 is 1.84 bits per heavy atom. The van der Waals surface area contributed by atoms with Crippen molar-refractivity contribution >= 4 is 28.5 Å². The Bertz CT molecular complexity index is 1300. The molecule has 0 bridgehead atoms. The molecule has 2 aromatic heterocycles. The molecule has 3 heterocycles. The van der Waals surface area contributed by atoms with E-state index in [2.05, 4.69) is 79.8 Å². The number of fused-ring (bicyclic) bond motifs is 2. The molecule has 7 nitrogen and oxygen atoms in total. The van der Waals surface area contributed by atoms with Crippen LogP contribution in [0.15, 0.2) is 36.4 Å². The van der Waals surface area contributed by atoms with Crippen molar-refractivity contribution in [2.75, 3.05) is 17.6 Å². The topological polar surface area (TPSA) is 93.7 Å². The lowest BCUT2D eigenvalue weighted by molar-refractivity contribution is 0.548. The van der Waals surface area contributed by atoms with Gasteiger partial charge in [0.25, 0.3) is 0 Å². The molecule has 0 unspecified atom stereocenters. The van der Waals surface area contributed by atoms with Gasteiger partial charge in [0.1, 0.15) is 0 Å². The summed E-state index contributed by atoms with van der Waals surface area (Å²) in [7, 11) is 0. The molecule has 0 fully saturated rings. The van der Waals surface area contributed by atoms with Crippen LogP contribution in [0, 0.1) is 13.8 Å². The van der Waals surface area contributed by atoms with Gasteiger partial charge in [-0.2, -0.15) is 10.1 Å². The second-order valence-corrected chi connectivity index (χ2v) is 8.82. The van der Waals surface area contributed by atoms with Gasteiger partial charge in [0.15, 0.2) is 11.5 Å². The van der Waals surface area contributed by atoms with Crippen molar-refractivity contribution in [3.63, 3.8) is 0 Å². The zero-order chi connectivity index (χ0) is 22.4. The number of benzene rings is 2. The Kier molecular flexibility index (Phi) is 5.06. The molecular formula is C25H29N7. The van der Waals surface area contributed by atoms with E-state index in [0.29, 0.717) is 11.8 Å². The van der Waals surface area contributed by atoms with Crippen LogP contribution < -0.4 is 16.4 Å². The largest absolute Gasteiger partial charge is 0.382 e. The van der Waals surface area contributed by atoms with Crippen molar-refractivity contribution in [1.29, 1.82) is 0 Å². The van der Waals surface area contributed by atoms with Crippen molar-refractivity contribution in [3.05, 3.63) is 58.7 Å². The van der Waals surface area contributed by atoms with E-state index < -0.39 is 0 Å². The highest BCUT2D eigenvalue weighted by atomic mass is 15.3. The number of aryl methyl sites for hydroxylation is 2. The van der Waals surface area contributed by atoms with Gasteiger partial charge in [-0.25, -0.2) is 9.67 Å². The quantitative estimate of drug-likeness (QED) is 0.438. The van der Waals surface area contributed by atoms with Gasteiger partial charge in [-0.05, 0) is 75.0 Å². The van der Waals surface area contributed by atoms with E-state index in [4.69, 9.17) is 15.7 Å². The molecule has 0 radical (unpaired) electrons. The molecule has 32 heavy (non-hydrogen) atoms. The standard InChI is InChI=1S/C25H29N7/c1-14(2)32-24-21(23(26)31-32)22(20-15(3)6-5-7-16(20)4)29-25(30-24)28-19-9-8-17-10-11-27-13-18(17)12-19/h5-9,12,14,27H,10-11,13H2,1-4H3,(H2,26,31)(H,28,29,30). The van der Waals surface area contributed by atoms with E-state index in [1.807, 2.05) is 4.68 Å². The number of rotatable bonds is 4. The molecule has 5 rings (SSSR count). The zero-order valence-electron chi connectivity index (χ0n) is 19.0. The predicted molar refractivity (Wildman–Crippen MR) is 130 cm³/mol. The molecule has 1 aliphatic rings. The van der Waals surface area contributed by atoms with Crippen LogP contribution in [0.1, 0.15) is 42.1 Å². The monoisotopic (exact) mass is 427 g/mol. The van der Waals surface area contributed by atoms with Crippen LogP contribution in [0.3, 0.4) is 0 Å². The van der Waals surface area contributed by atoms with Gasteiger partial charge in [-0.15, -0.1) is 0 Å². The van der Waals surface area contributed by atoms with Crippen LogP contribution in [0.2, 0.25) is 0 Å². The highest BCUT2D eigenvalue weighted by Gasteiger charge is 2.22. The zero-order valence-corrected chi connectivity index (χ0v) is 19.0. The number of hydrogen-bond acceptors (Lipinski definition) is 6. The molecule has 0 amide bonds. The molecular weight excluding hydrogens is 398 g/mol. The first kappa shape index (κ1) is 20.5. The maximum absolute atomic E-state index is 6.39. The highest BCUT2D eigenvalue weighted by Crippen LogP contribution is 2.36. The molecule has 0 aliphatic carbocycles. The van der Waals surface area contributed by atoms with E-state index >= 15 is 0 Å². The van der Waals surface area contributed by atoms with Crippen molar-refractivity contribution < 1.29 is 0 Å². The summed E-state index contributed by atoms with van der Waals surface area (Å²) in [5.41, 5.74) is 15.0. The second-order valence-electron chi connectivity index (χ2n) is 8.82. The van der Waals surface area contributed by atoms with Gasteiger partial charge in [0.2, 0.25) is 5.95 Å². The third-order valence-corrected chi connectivity index (χ3v) is 6.13. The first-order valence-corrected chi connectivity index (χ1v) is 11.1. The summed E-state index contributed by atoms with van der Waals surface area (Å²) >= 11 is 0. The third-order valence-electron chi connectivity index (χ3n) is 6.13. The number of nitrogens with one attached hydrogen (secondary N) is 2. The van der Waals surface area contributed by atoms with Crippen molar-refractivity contribution in [3.8, 4) is 11.3 Å². The highest BCUT2D eigenvalue weighted by molar-refractivity contribution is 6.00. The Hall–Kier alpha value is -3.45. The minimum Gasteiger partial charge on any atom is -0.382 e. The molecule has 4 N–H and O–H groups in total. The van der Waals surface area contributed by atoms with Gasteiger partial charge in [0.05, 0.1) is 11.1 Å². The first-order chi connectivity index (χ1) is 15.4. The van der Waals surface area contributed by atoms with Gasteiger partial charge in [-0.1, -0.05) is 24.3 Å². The van der Waals surface area contributed by atoms with Crippen LogP contribution >= 0.6 is 0 Å². The molecule has 0 atom stereocenters. The normalized spacial score (nSPS) is 13.5. The van der Waals surface area contributed by atoms with Gasteiger partial charge in [-0.3, -0.25) is 0 Å². The molecule has 2 aromatic carbocycles. The van der Waals surface area contributed by atoms with Crippen molar-refractivity contribution in [2.45, 2.75) is 46.7 Å². The Labute approximate surface area is 188 Å². The SMILES string of the molecule is Cc1cccc(C)c1-c1nc(Nc2ccc3c(c2)CNCC3)nc2c1c(N)nn2C(C)C. The van der Waals surface area contributed by atoms with Crippen LogP contribution in [-0.2, 0) is 13.0 Å². The van der Waals surface area contributed by atoms with Crippen molar-refractivity contribution in [2.24, 2.45) is 0 Å². The minimum absolute atomic E-state index is 0.123. The minimum atomic E-state index is 0.123. The van der Waals surface area contributed by atoms with E-state index in [1.165, 1.54) is 11.1 Å². The maximum atomic E-state index is 6.39. The lowest BCUT2D eigenvalue weighted by Gasteiger charge is -2.18. The molecule has 0 saturated heterocycles. The first-order valence-electron chi connectivity index (χ1n) is 11.1. The van der Waals surface area contributed by atoms with Crippen LogP contribution in [-0.4, -0.2) is 26.3 Å². The summed E-state index contributed by atoms with van der Waals surface area (Å²) in [4.78, 5) is 9.82. The van der Waals surface area contributed by atoms with Crippen LogP contribution in [0.4, 0.5) is 17.5 Å². The summed E-state index contributed by atoms with van der Waals surface area (Å²) in [6, 6.07) is 12.9. The predicted octanol–water partition coefficient (Wildman–Crippen LogP) is 4.66. The third kappa shape index (κ3) is 3.48. The lowest BCUT2D eigenvalue weighted by atomic mass is 9.98. The smallest absolute Gasteiger partial charge is 0.229 e. The summed E-state index contributed by atoms with van der Waals surface area (Å²) < 4.78 is 1.88. The number of nitrogens with two attached hydrogens (primary N) is 1. The molecule has 0 saturated carbocycles. The van der Waals surface area contributed by atoms with E-state index in [9.17, 15) is 0 Å². The van der Waals surface area contributed by atoms with E-state index in [-0.39, 0.29) is 6.04 Å². The molecule has 164 valence electrons. The Morgan fingerprint density at radius 1 is 1.06 bits per heavy atom. The number of hydrogen-bond donors (Lipinski definition) is 3. The van der Waals surface area contributed by atoms with Gasteiger partial charge >= 0.3 is 0 Å². The van der Waals surface area contributed by atoms with Crippen molar-refractivity contribution in [1.82, 2.24) is 25.1 Å². The summed E-state index contributed by atoms with van der Waals surface area (Å²) in [5, 5.41) is 12.3. The average molecular weight is 428 g/mol. The number of aromatic nitrogens is 4. The summed E-state index contributed by atoms with van der Waals surface area (Å²) in [6.07, 6.45) is 1.06. The molecule has 7 heteroatoms. The molecule has 1 aliphatic heterocycles. The summed E-state index contributed by atoms with van der Waals surface area (Å²) in [6.45, 7) is 10.3. The van der Waals surface area contributed by atoms with E-state index in [0.717, 1.165) is 58.6 Å². The molecule has 4 aromatic rings. The van der Waals surface area contributed by atoms with Gasteiger partial charge in [0, 0.05) is 23.8 Å². The Balaban J connectivity index is 1.69. The number of anilines is 3. The van der Waals surface area contributed by atoms with Gasteiger partial charge < -0.3 is 16.4 Å². The fraction of sp³-hybridized carbons (Fsp3) is 0.320. The number of nitrogens with zero attached hydrogens (tertiary/aromatic N) is 4. The Morgan fingerprint density at radius 3 is 2.59 bits per heavy atom. The van der Waals surface area contributed by atoms with E-state index in [1.54, 1.807) is 0 Å². The maximum Gasteiger partial charge on any atom is 0.229 e.